The maximum absolute atomic E-state index is 13.1. The fourth-order valence-corrected chi connectivity index (χ4v) is 4.92. The van der Waals surface area contributed by atoms with Crippen LogP contribution in [0.4, 0.5) is 0 Å². The number of carbonyl (C=O) groups is 1. The second-order valence-corrected chi connectivity index (χ2v) is 8.89. The Morgan fingerprint density at radius 2 is 2.21 bits per heavy atom. The van der Waals surface area contributed by atoms with Gasteiger partial charge < -0.3 is 10.1 Å². The highest BCUT2D eigenvalue weighted by Crippen LogP contribution is 2.25. The van der Waals surface area contributed by atoms with Crippen molar-refractivity contribution >= 4 is 27.0 Å². The van der Waals surface area contributed by atoms with Crippen LogP contribution in [0.3, 0.4) is 0 Å². The number of ether oxygens (including phenoxy) is 1. The second-order valence-electron chi connectivity index (χ2n) is 6.95. The van der Waals surface area contributed by atoms with E-state index in [4.69, 9.17) is 4.74 Å². The first-order chi connectivity index (χ1) is 13.5. The van der Waals surface area contributed by atoms with E-state index in [0.717, 1.165) is 11.9 Å². The molecule has 28 heavy (non-hydrogen) atoms. The molecule has 1 aliphatic rings. The lowest BCUT2D eigenvalue weighted by Crippen LogP contribution is -2.45. The van der Waals surface area contributed by atoms with Gasteiger partial charge in [-0.25, -0.2) is 13.1 Å². The third-order valence-corrected chi connectivity index (χ3v) is 6.80. The maximum atomic E-state index is 13.1. The highest BCUT2D eigenvalue weighted by atomic mass is 32.2. The van der Waals surface area contributed by atoms with E-state index in [2.05, 4.69) is 15.6 Å². The molecule has 1 amide bonds. The number of benzene rings is 1. The first-order valence-electron chi connectivity index (χ1n) is 9.57. The summed E-state index contributed by atoms with van der Waals surface area (Å²) in [4.78, 5) is 12.4. The number of carbonyl (C=O) groups excluding carboxylic acids is 1. The van der Waals surface area contributed by atoms with Crippen LogP contribution in [0, 0.1) is 5.92 Å². The van der Waals surface area contributed by atoms with Crippen LogP contribution < -0.4 is 5.32 Å². The predicted octanol–water partition coefficient (Wildman–Crippen LogP) is 1.00. The molecule has 0 bridgehead atoms. The highest BCUT2D eigenvalue weighted by Gasteiger charge is 2.33. The van der Waals surface area contributed by atoms with Crippen LogP contribution in [0.5, 0.6) is 0 Å². The lowest BCUT2D eigenvalue weighted by molar-refractivity contribution is -0.126. The summed E-state index contributed by atoms with van der Waals surface area (Å²) < 4.78 is 34.4. The maximum Gasteiger partial charge on any atom is 0.243 e. The Morgan fingerprint density at radius 3 is 2.96 bits per heavy atom. The monoisotopic (exact) mass is 409 g/mol. The van der Waals surface area contributed by atoms with Gasteiger partial charge in [-0.3, -0.25) is 4.79 Å². The zero-order valence-corrected chi connectivity index (χ0v) is 17.1. The number of rotatable bonds is 8. The number of sulfonamides is 1. The molecule has 0 spiro atoms. The van der Waals surface area contributed by atoms with Crippen LogP contribution in [0.2, 0.25) is 0 Å². The molecule has 0 unspecified atom stereocenters. The van der Waals surface area contributed by atoms with E-state index in [1.807, 2.05) is 6.92 Å². The number of hydrogen-bond donors (Lipinski definition) is 1. The normalized spacial score (nSPS) is 18.4. The molecule has 1 aromatic heterocycles. The van der Waals surface area contributed by atoms with Crippen molar-refractivity contribution in [3.63, 3.8) is 0 Å². The number of fused-ring (bicyclic) bond motifs is 1. The van der Waals surface area contributed by atoms with Gasteiger partial charge in [0.1, 0.15) is 5.52 Å². The van der Waals surface area contributed by atoms with Gasteiger partial charge in [0.2, 0.25) is 15.9 Å². The SMILES string of the molecule is CCCNC(=O)[C@@H]1CCCN(S(=O)(=O)c2ccc3c(c2)nnn3CCOC)C1. The van der Waals surface area contributed by atoms with Gasteiger partial charge in [-0.15, -0.1) is 5.10 Å². The van der Waals surface area contributed by atoms with Gasteiger partial charge in [-0.2, -0.15) is 4.31 Å². The van der Waals surface area contributed by atoms with E-state index in [-0.39, 0.29) is 23.3 Å². The van der Waals surface area contributed by atoms with Gasteiger partial charge >= 0.3 is 0 Å². The van der Waals surface area contributed by atoms with E-state index < -0.39 is 10.0 Å². The van der Waals surface area contributed by atoms with Crippen LogP contribution in [0.25, 0.3) is 11.0 Å². The molecule has 1 saturated heterocycles. The molecule has 0 radical (unpaired) electrons. The third-order valence-electron chi connectivity index (χ3n) is 4.93. The van der Waals surface area contributed by atoms with Gasteiger partial charge in [0, 0.05) is 26.7 Å². The van der Waals surface area contributed by atoms with Crippen molar-refractivity contribution in [1.82, 2.24) is 24.6 Å². The number of aromatic nitrogens is 3. The summed E-state index contributed by atoms with van der Waals surface area (Å²) in [7, 11) is -2.09. The lowest BCUT2D eigenvalue weighted by atomic mass is 9.99. The van der Waals surface area contributed by atoms with E-state index in [1.165, 1.54) is 4.31 Å². The summed E-state index contributed by atoms with van der Waals surface area (Å²) in [6.45, 7) is 4.25. The molecule has 2 aromatic rings. The number of hydrogen-bond acceptors (Lipinski definition) is 6. The van der Waals surface area contributed by atoms with Crippen molar-refractivity contribution < 1.29 is 17.9 Å². The molecule has 1 fully saturated rings. The summed E-state index contributed by atoms with van der Waals surface area (Å²) in [6.07, 6.45) is 2.22. The van der Waals surface area contributed by atoms with Crippen molar-refractivity contribution in [2.24, 2.45) is 5.92 Å². The Kier molecular flexibility index (Phi) is 6.63. The predicted molar refractivity (Wildman–Crippen MR) is 104 cm³/mol. The molecule has 154 valence electrons. The van der Waals surface area contributed by atoms with Crippen LogP contribution in [-0.2, 0) is 26.1 Å². The van der Waals surface area contributed by atoms with Gasteiger partial charge in [0.05, 0.1) is 29.5 Å². The fraction of sp³-hybridized carbons (Fsp3) is 0.611. The van der Waals surface area contributed by atoms with Crippen molar-refractivity contribution in [3.05, 3.63) is 18.2 Å². The Labute approximate surface area is 165 Å². The van der Waals surface area contributed by atoms with Crippen molar-refractivity contribution in [3.8, 4) is 0 Å². The quantitative estimate of drug-likeness (QED) is 0.697. The Hall–Kier alpha value is -2.04. The number of nitrogens with zero attached hydrogens (tertiary/aromatic N) is 4. The van der Waals surface area contributed by atoms with E-state index in [9.17, 15) is 13.2 Å². The topological polar surface area (TPSA) is 106 Å². The average Bonchev–Trinajstić information content (AvgIpc) is 3.12. The standard InChI is InChI=1S/C18H27N5O4S/c1-3-8-19-18(24)14-5-4-9-22(13-14)28(25,26)15-6-7-17-16(12-15)20-21-23(17)10-11-27-2/h6-7,12,14H,3-5,8-11,13H2,1-2H3,(H,19,24)/t14-/m1/s1. The van der Waals surface area contributed by atoms with Crippen LogP contribution in [0.15, 0.2) is 23.1 Å². The van der Waals surface area contributed by atoms with Crippen LogP contribution in [0.1, 0.15) is 26.2 Å². The van der Waals surface area contributed by atoms with E-state index in [0.29, 0.717) is 44.6 Å². The first-order valence-corrected chi connectivity index (χ1v) is 11.0. The minimum absolute atomic E-state index is 0.0710. The molecule has 10 heteroatoms. The number of piperidine rings is 1. The fourth-order valence-electron chi connectivity index (χ4n) is 3.37. The van der Waals surface area contributed by atoms with Gasteiger partial charge in [-0.05, 0) is 37.5 Å². The van der Waals surface area contributed by atoms with Gasteiger partial charge in [-0.1, -0.05) is 12.1 Å². The minimum atomic E-state index is -3.70. The third kappa shape index (κ3) is 4.34. The van der Waals surface area contributed by atoms with Crippen LogP contribution in [-0.4, -0.2) is 67.0 Å². The molecule has 1 aliphatic heterocycles. The molecule has 1 atom stereocenters. The number of amides is 1. The van der Waals surface area contributed by atoms with Gasteiger partial charge in [0.15, 0.2) is 0 Å². The summed E-state index contributed by atoms with van der Waals surface area (Å²) in [6, 6.07) is 4.83. The van der Waals surface area contributed by atoms with E-state index in [1.54, 1.807) is 30.0 Å². The van der Waals surface area contributed by atoms with Crippen LogP contribution >= 0.6 is 0 Å². The smallest absolute Gasteiger partial charge is 0.243 e. The number of nitrogens with one attached hydrogen (secondary N) is 1. The van der Waals surface area contributed by atoms with Gasteiger partial charge in [0.25, 0.3) is 0 Å². The molecular formula is C18H27N5O4S. The summed E-state index contributed by atoms with van der Waals surface area (Å²) >= 11 is 0. The molecule has 1 aromatic carbocycles. The molecule has 2 heterocycles. The second kappa shape index (κ2) is 8.97. The highest BCUT2D eigenvalue weighted by molar-refractivity contribution is 7.89. The average molecular weight is 410 g/mol. The Morgan fingerprint density at radius 1 is 1.39 bits per heavy atom. The molecule has 3 rings (SSSR count). The Bertz CT molecular complexity index is 927. The summed E-state index contributed by atoms with van der Waals surface area (Å²) in [5.74, 6) is -0.382. The summed E-state index contributed by atoms with van der Waals surface area (Å²) in [5.41, 5.74) is 1.28. The van der Waals surface area contributed by atoms with E-state index >= 15 is 0 Å². The minimum Gasteiger partial charge on any atom is -0.383 e. The summed E-state index contributed by atoms with van der Waals surface area (Å²) in [5, 5.41) is 11.0. The Balaban J connectivity index is 1.79. The lowest BCUT2D eigenvalue weighted by Gasteiger charge is -2.31. The molecule has 0 saturated carbocycles. The van der Waals surface area contributed by atoms with Crippen molar-refractivity contribution in [2.75, 3.05) is 33.4 Å². The zero-order chi connectivity index (χ0) is 20.1. The molecule has 0 aliphatic carbocycles. The molecule has 1 N–H and O–H groups in total. The molecular weight excluding hydrogens is 382 g/mol. The molecule has 9 nitrogen and oxygen atoms in total. The largest absolute Gasteiger partial charge is 0.383 e. The first kappa shape index (κ1) is 20.7. The zero-order valence-electron chi connectivity index (χ0n) is 16.3. The van der Waals surface area contributed by atoms with Crippen molar-refractivity contribution in [1.29, 1.82) is 0 Å². The van der Waals surface area contributed by atoms with Crippen molar-refractivity contribution in [2.45, 2.75) is 37.6 Å². The number of methoxy groups -OCH3 is 1.